The fourth-order valence-electron chi connectivity index (χ4n) is 0.345. The summed E-state index contributed by atoms with van der Waals surface area (Å²) < 4.78 is 0. The number of rotatable bonds is 4. The van der Waals surface area contributed by atoms with Gasteiger partial charge < -0.3 is 15.9 Å². The molecule has 0 saturated carbocycles. The minimum absolute atomic E-state index is 0.506. The molecule has 0 aromatic carbocycles. The molecule has 2 atom stereocenters. The van der Waals surface area contributed by atoms with Gasteiger partial charge in [-0.2, -0.15) is 0 Å². The van der Waals surface area contributed by atoms with E-state index in [1.165, 1.54) is 0 Å². The van der Waals surface area contributed by atoms with E-state index >= 15 is 0 Å². The molecule has 60 valence electrons. The Kier molecular flexibility index (Phi) is 3.89. The summed E-state index contributed by atoms with van der Waals surface area (Å²) in [5.41, 5.74) is 4.91. The SMILES string of the molecule is NC(C(=O)O)C(O)COO. The van der Waals surface area contributed by atoms with Gasteiger partial charge in [0.1, 0.15) is 18.8 Å². The average Bonchev–Trinajstić information content (AvgIpc) is 1.87. The minimum Gasteiger partial charge on any atom is -0.480 e. The van der Waals surface area contributed by atoms with Crippen molar-refractivity contribution in [2.45, 2.75) is 12.1 Å². The average molecular weight is 151 g/mol. The van der Waals surface area contributed by atoms with Crippen molar-refractivity contribution in [1.82, 2.24) is 0 Å². The number of aliphatic hydroxyl groups is 1. The monoisotopic (exact) mass is 151 g/mol. The van der Waals surface area contributed by atoms with Crippen LogP contribution in [0.1, 0.15) is 0 Å². The lowest BCUT2D eigenvalue weighted by Crippen LogP contribution is -2.44. The highest BCUT2D eigenvalue weighted by molar-refractivity contribution is 5.73. The first-order valence-corrected chi connectivity index (χ1v) is 2.52. The Morgan fingerprint density at radius 3 is 2.50 bits per heavy atom. The maximum absolute atomic E-state index is 9.99. The molecule has 0 fully saturated rings. The summed E-state index contributed by atoms with van der Waals surface area (Å²) in [4.78, 5) is 13.5. The van der Waals surface area contributed by atoms with Crippen molar-refractivity contribution in [3.63, 3.8) is 0 Å². The summed E-state index contributed by atoms with van der Waals surface area (Å²) in [5, 5.41) is 24.6. The highest BCUT2D eigenvalue weighted by Gasteiger charge is 2.21. The number of hydrogen-bond acceptors (Lipinski definition) is 5. The lowest BCUT2D eigenvalue weighted by molar-refractivity contribution is -0.258. The van der Waals surface area contributed by atoms with Crippen LogP contribution in [0.25, 0.3) is 0 Å². The molecule has 6 nitrogen and oxygen atoms in total. The second-order valence-electron chi connectivity index (χ2n) is 1.73. The maximum atomic E-state index is 9.99. The molecule has 6 heteroatoms. The lowest BCUT2D eigenvalue weighted by Gasteiger charge is -2.11. The molecule has 10 heavy (non-hydrogen) atoms. The molecular formula is C4H9NO5. The molecule has 0 aliphatic heterocycles. The molecule has 0 spiro atoms. The van der Waals surface area contributed by atoms with Gasteiger partial charge in [-0.05, 0) is 0 Å². The Labute approximate surface area is 56.8 Å². The van der Waals surface area contributed by atoms with Crippen LogP contribution in [0.5, 0.6) is 0 Å². The molecule has 0 aromatic rings. The van der Waals surface area contributed by atoms with E-state index in [9.17, 15) is 4.79 Å². The second kappa shape index (κ2) is 4.18. The van der Waals surface area contributed by atoms with E-state index in [0.29, 0.717) is 0 Å². The first kappa shape index (κ1) is 9.31. The minimum atomic E-state index is -1.42. The van der Waals surface area contributed by atoms with Crippen molar-refractivity contribution in [2.24, 2.45) is 5.73 Å². The predicted molar refractivity (Wildman–Crippen MR) is 30.2 cm³/mol. The Bertz CT molecular complexity index is 116. The molecule has 0 heterocycles. The summed E-state index contributed by atoms with van der Waals surface area (Å²) in [6, 6.07) is -1.42. The van der Waals surface area contributed by atoms with E-state index in [2.05, 4.69) is 4.89 Å². The van der Waals surface area contributed by atoms with Crippen LogP contribution in [0.2, 0.25) is 0 Å². The number of aliphatic carboxylic acids is 1. The van der Waals surface area contributed by atoms with Gasteiger partial charge in [0.05, 0.1) is 0 Å². The summed E-state index contributed by atoms with van der Waals surface area (Å²) in [6.45, 7) is -0.506. The third-order valence-electron chi connectivity index (χ3n) is 0.945. The van der Waals surface area contributed by atoms with Crippen molar-refractivity contribution in [3.8, 4) is 0 Å². The van der Waals surface area contributed by atoms with E-state index in [1.54, 1.807) is 0 Å². The number of hydrogen-bond donors (Lipinski definition) is 4. The fraction of sp³-hybridized carbons (Fsp3) is 0.750. The molecule has 0 aliphatic carbocycles. The Balaban J connectivity index is 3.69. The normalized spacial score (nSPS) is 16.3. The van der Waals surface area contributed by atoms with Crippen LogP contribution in [0.15, 0.2) is 0 Å². The molecule has 0 aliphatic rings. The van der Waals surface area contributed by atoms with Gasteiger partial charge in [-0.1, -0.05) is 0 Å². The highest BCUT2D eigenvalue weighted by atomic mass is 17.1. The highest BCUT2D eigenvalue weighted by Crippen LogP contribution is 1.89. The van der Waals surface area contributed by atoms with E-state index in [4.69, 9.17) is 21.2 Å². The Morgan fingerprint density at radius 1 is 1.70 bits per heavy atom. The zero-order chi connectivity index (χ0) is 8.15. The molecule has 5 N–H and O–H groups in total. The summed E-state index contributed by atoms with van der Waals surface area (Å²) >= 11 is 0. The number of aliphatic hydroxyl groups excluding tert-OH is 1. The molecule has 0 aromatic heterocycles. The van der Waals surface area contributed by atoms with Crippen LogP contribution in [0, 0.1) is 0 Å². The van der Waals surface area contributed by atoms with Crippen LogP contribution in [-0.2, 0) is 9.68 Å². The standard InChI is InChI=1S/C4H9NO5/c5-3(4(7)8)2(6)1-10-9/h2-3,6,9H,1,5H2,(H,7,8). The van der Waals surface area contributed by atoms with Gasteiger partial charge in [0.15, 0.2) is 0 Å². The van der Waals surface area contributed by atoms with Crippen LogP contribution in [0.4, 0.5) is 0 Å². The van der Waals surface area contributed by atoms with Crippen molar-refractivity contribution in [2.75, 3.05) is 6.61 Å². The summed E-state index contributed by atoms with van der Waals surface area (Å²) in [5.74, 6) is -1.34. The van der Waals surface area contributed by atoms with Crippen molar-refractivity contribution in [1.29, 1.82) is 0 Å². The molecule has 0 radical (unpaired) electrons. The van der Waals surface area contributed by atoms with Crippen LogP contribution >= 0.6 is 0 Å². The smallest absolute Gasteiger partial charge is 0.323 e. The largest absolute Gasteiger partial charge is 0.480 e. The van der Waals surface area contributed by atoms with Gasteiger partial charge in [0.2, 0.25) is 0 Å². The summed E-state index contributed by atoms with van der Waals surface area (Å²) in [7, 11) is 0. The van der Waals surface area contributed by atoms with Crippen LogP contribution in [-0.4, -0.2) is 40.2 Å². The summed E-state index contributed by atoms with van der Waals surface area (Å²) in [6.07, 6.45) is -1.39. The molecule has 0 amide bonds. The zero-order valence-electron chi connectivity index (χ0n) is 5.10. The molecule has 0 bridgehead atoms. The number of carbonyl (C=O) groups is 1. The first-order chi connectivity index (χ1) is 4.59. The van der Waals surface area contributed by atoms with E-state index in [1.807, 2.05) is 0 Å². The van der Waals surface area contributed by atoms with E-state index in [0.717, 1.165) is 0 Å². The third kappa shape index (κ3) is 2.74. The van der Waals surface area contributed by atoms with Crippen LogP contribution in [0.3, 0.4) is 0 Å². The van der Waals surface area contributed by atoms with Gasteiger partial charge in [-0.25, -0.2) is 4.89 Å². The predicted octanol–water partition coefficient (Wildman–Crippen LogP) is -1.75. The third-order valence-corrected chi connectivity index (χ3v) is 0.945. The van der Waals surface area contributed by atoms with Gasteiger partial charge in [0.25, 0.3) is 0 Å². The van der Waals surface area contributed by atoms with Crippen molar-refractivity contribution >= 4 is 5.97 Å². The Morgan fingerprint density at radius 2 is 2.20 bits per heavy atom. The quantitative estimate of drug-likeness (QED) is 0.280. The van der Waals surface area contributed by atoms with E-state index < -0.39 is 24.7 Å². The van der Waals surface area contributed by atoms with Gasteiger partial charge in [0, 0.05) is 0 Å². The molecule has 0 rings (SSSR count). The van der Waals surface area contributed by atoms with E-state index in [-0.39, 0.29) is 0 Å². The topological polar surface area (TPSA) is 113 Å². The fourth-order valence-corrected chi connectivity index (χ4v) is 0.345. The number of carboxylic acids is 1. The van der Waals surface area contributed by atoms with Gasteiger partial charge >= 0.3 is 5.97 Å². The molecule has 0 saturated heterocycles. The lowest BCUT2D eigenvalue weighted by atomic mass is 10.2. The second-order valence-corrected chi connectivity index (χ2v) is 1.73. The Hall–Kier alpha value is -0.690. The van der Waals surface area contributed by atoms with Gasteiger partial charge in [-0.3, -0.25) is 10.1 Å². The zero-order valence-corrected chi connectivity index (χ0v) is 5.10. The van der Waals surface area contributed by atoms with Crippen LogP contribution < -0.4 is 5.73 Å². The van der Waals surface area contributed by atoms with Crippen molar-refractivity contribution < 1.29 is 25.2 Å². The molecule has 2 unspecified atom stereocenters. The molecular weight excluding hydrogens is 142 g/mol. The van der Waals surface area contributed by atoms with Gasteiger partial charge in [-0.15, -0.1) is 0 Å². The number of nitrogens with two attached hydrogens (primary N) is 1. The number of carboxylic acid groups (broad SMARTS) is 1. The van der Waals surface area contributed by atoms with Crippen molar-refractivity contribution in [3.05, 3.63) is 0 Å². The first-order valence-electron chi connectivity index (χ1n) is 2.52. The maximum Gasteiger partial charge on any atom is 0.323 e.